The maximum atomic E-state index is 13.6. The van der Waals surface area contributed by atoms with Crippen LogP contribution >= 0.6 is 16.1 Å². The van der Waals surface area contributed by atoms with E-state index >= 15 is 0 Å². The fourth-order valence-corrected chi connectivity index (χ4v) is 5.83. The fourth-order valence-electron chi connectivity index (χ4n) is 4.89. The standard InChI is InChI=1S/C27H36BrN3O4S/c1-7-11-19-16-31(26(29-28)24(19)18-12-9-8-10-13-18)17-23(32)20-14-21(27(2,3)4)25(33)22(15-20)30(5)36(6,34)35/h8-10,12-15,19,24,33H,7,11,16-17H2,1-6H3/b29-26-/t19-,24+/m0/s1. The molecule has 0 radical (unpaired) electrons. The van der Waals surface area contributed by atoms with Crippen LogP contribution in [0.1, 0.15) is 67.9 Å². The molecule has 2 aromatic rings. The Morgan fingerprint density at radius 2 is 1.86 bits per heavy atom. The molecule has 1 heterocycles. The highest BCUT2D eigenvalue weighted by molar-refractivity contribution is 9.08. The summed E-state index contributed by atoms with van der Waals surface area (Å²) in [6.45, 7) is 8.70. The molecule has 0 saturated carbocycles. The van der Waals surface area contributed by atoms with E-state index in [9.17, 15) is 18.3 Å². The first-order chi connectivity index (χ1) is 16.8. The van der Waals surface area contributed by atoms with Crippen molar-refractivity contribution in [2.75, 3.05) is 30.7 Å². The molecular formula is C27H36BrN3O4S. The Hall–Kier alpha value is -2.39. The molecule has 0 bridgehead atoms. The van der Waals surface area contributed by atoms with Gasteiger partial charge in [-0.25, -0.2) is 8.42 Å². The quantitative estimate of drug-likeness (QED) is 0.419. The molecule has 1 saturated heterocycles. The molecule has 1 fully saturated rings. The zero-order valence-electron chi connectivity index (χ0n) is 21.8. The van der Waals surface area contributed by atoms with Gasteiger partial charge < -0.3 is 10.0 Å². The summed E-state index contributed by atoms with van der Waals surface area (Å²) >= 11 is 3.31. The van der Waals surface area contributed by atoms with E-state index in [0.29, 0.717) is 23.6 Å². The van der Waals surface area contributed by atoms with Crippen LogP contribution in [0.3, 0.4) is 0 Å². The van der Waals surface area contributed by atoms with Crippen LogP contribution in [0.5, 0.6) is 5.75 Å². The third-order valence-electron chi connectivity index (χ3n) is 6.82. The minimum atomic E-state index is -3.64. The van der Waals surface area contributed by atoms with E-state index in [0.717, 1.165) is 29.2 Å². The van der Waals surface area contributed by atoms with Crippen molar-refractivity contribution < 1.29 is 18.3 Å². The molecule has 2 aromatic carbocycles. The Labute approximate surface area is 223 Å². The summed E-state index contributed by atoms with van der Waals surface area (Å²) in [7, 11) is -2.27. The number of carbonyl (C=O) groups excluding carboxylic acids is 1. The number of benzene rings is 2. The van der Waals surface area contributed by atoms with E-state index < -0.39 is 15.4 Å². The second-order valence-corrected chi connectivity index (χ2v) is 12.9. The number of likely N-dealkylation sites (tertiary alicyclic amines) is 1. The summed E-state index contributed by atoms with van der Waals surface area (Å²) in [5.74, 6) is 0.911. The molecule has 2 atom stereocenters. The summed E-state index contributed by atoms with van der Waals surface area (Å²) in [6.07, 6.45) is 3.10. The van der Waals surface area contributed by atoms with Crippen molar-refractivity contribution in [3.63, 3.8) is 0 Å². The van der Waals surface area contributed by atoms with Crippen LogP contribution in [-0.2, 0) is 15.4 Å². The van der Waals surface area contributed by atoms with Crippen molar-refractivity contribution in [3.8, 4) is 5.75 Å². The number of halogens is 1. The molecule has 1 N–H and O–H groups in total. The van der Waals surface area contributed by atoms with Crippen LogP contribution < -0.4 is 4.31 Å². The van der Waals surface area contributed by atoms with Crippen molar-refractivity contribution in [3.05, 3.63) is 59.2 Å². The molecule has 9 heteroatoms. The van der Waals surface area contributed by atoms with Gasteiger partial charge in [0.05, 0.1) is 34.6 Å². The molecule has 196 valence electrons. The predicted molar refractivity (Wildman–Crippen MR) is 150 cm³/mol. The molecule has 1 aliphatic heterocycles. The predicted octanol–water partition coefficient (Wildman–Crippen LogP) is 5.49. The Balaban J connectivity index is 2.01. The average molecular weight is 579 g/mol. The van der Waals surface area contributed by atoms with Gasteiger partial charge in [-0.05, 0) is 35.4 Å². The number of nitrogens with zero attached hydrogens (tertiary/aromatic N) is 3. The normalized spacial score (nSPS) is 19.6. The largest absolute Gasteiger partial charge is 0.505 e. The van der Waals surface area contributed by atoms with Crippen LogP contribution in [0.25, 0.3) is 0 Å². The van der Waals surface area contributed by atoms with Crippen LogP contribution in [0.2, 0.25) is 0 Å². The van der Waals surface area contributed by atoms with Gasteiger partial charge in [-0.15, -0.1) is 0 Å². The van der Waals surface area contributed by atoms with Crippen molar-refractivity contribution in [1.82, 2.24) is 4.90 Å². The first-order valence-corrected chi connectivity index (χ1v) is 14.7. The van der Waals surface area contributed by atoms with E-state index in [1.54, 1.807) is 6.07 Å². The monoisotopic (exact) mass is 577 g/mol. The molecule has 0 aromatic heterocycles. The molecule has 7 nitrogen and oxygen atoms in total. The minimum absolute atomic E-state index is 0.0789. The number of amidine groups is 1. The summed E-state index contributed by atoms with van der Waals surface area (Å²) < 4.78 is 30.0. The van der Waals surface area contributed by atoms with Crippen LogP contribution in [0, 0.1) is 5.92 Å². The zero-order valence-corrected chi connectivity index (χ0v) is 24.2. The number of ketones is 1. The van der Waals surface area contributed by atoms with Gasteiger partial charge in [0.15, 0.2) is 5.78 Å². The fraction of sp³-hybridized carbons (Fsp3) is 0.481. The highest BCUT2D eigenvalue weighted by atomic mass is 79.9. The highest BCUT2D eigenvalue weighted by Crippen LogP contribution is 2.41. The lowest BCUT2D eigenvalue weighted by Crippen LogP contribution is -2.33. The molecule has 3 rings (SSSR count). The number of sulfonamides is 1. The van der Waals surface area contributed by atoms with Crippen LogP contribution in [0.4, 0.5) is 5.69 Å². The Bertz CT molecular complexity index is 1240. The van der Waals surface area contributed by atoms with E-state index in [1.807, 2.05) is 43.9 Å². The number of anilines is 1. The van der Waals surface area contributed by atoms with Gasteiger partial charge in [-0.2, -0.15) is 4.02 Å². The van der Waals surface area contributed by atoms with Crippen molar-refractivity contribution >= 4 is 43.5 Å². The highest BCUT2D eigenvalue weighted by Gasteiger charge is 2.39. The SMILES string of the molecule is CCC[C@H]1CN(CC(=O)c2cc(N(C)S(C)(=O)=O)c(O)c(C(C)(C)C)c2)/C(=N\Br)[C@@H]1c1ccccc1. The van der Waals surface area contributed by atoms with Crippen molar-refractivity contribution in [2.24, 2.45) is 9.94 Å². The lowest BCUT2D eigenvalue weighted by Gasteiger charge is -2.27. The molecular weight excluding hydrogens is 542 g/mol. The summed E-state index contributed by atoms with van der Waals surface area (Å²) in [4.78, 5) is 15.6. The van der Waals surface area contributed by atoms with Gasteiger partial charge in [0.1, 0.15) is 11.6 Å². The molecule has 0 unspecified atom stereocenters. The number of hydrogen-bond donors (Lipinski definition) is 1. The zero-order chi connectivity index (χ0) is 26.8. The average Bonchev–Trinajstić information content (AvgIpc) is 3.14. The smallest absolute Gasteiger partial charge is 0.232 e. The number of hydrogen-bond acceptors (Lipinski definition) is 5. The first-order valence-electron chi connectivity index (χ1n) is 12.1. The molecule has 1 aliphatic rings. The number of rotatable bonds is 8. The van der Waals surface area contributed by atoms with Crippen LogP contribution in [-0.4, -0.2) is 56.4 Å². The van der Waals surface area contributed by atoms with Gasteiger partial charge in [-0.1, -0.05) is 64.4 Å². The Morgan fingerprint density at radius 3 is 2.39 bits per heavy atom. The third kappa shape index (κ3) is 5.94. The second-order valence-electron chi connectivity index (χ2n) is 10.6. The number of phenols is 1. The van der Waals surface area contributed by atoms with Gasteiger partial charge in [0.2, 0.25) is 10.0 Å². The number of carbonyl (C=O) groups is 1. The Morgan fingerprint density at radius 1 is 1.22 bits per heavy atom. The van der Waals surface area contributed by atoms with Crippen molar-refractivity contribution in [1.29, 1.82) is 0 Å². The molecule has 36 heavy (non-hydrogen) atoms. The lowest BCUT2D eigenvalue weighted by molar-refractivity contribution is 0.0963. The topological polar surface area (TPSA) is 90.3 Å². The van der Waals surface area contributed by atoms with Gasteiger partial charge in [0, 0.05) is 30.6 Å². The maximum absolute atomic E-state index is 13.6. The third-order valence-corrected chi connectivity index (χ3v) is 8.38. The van der Waals surface area contributed by atoms with E-state index in [1.165, 1.54) is 18.7 Å². The van der Waals surface area contributed by atoms with Gasteiger partial charge in [-0.3, -0.25) is 9.10 Å². The van der Waals surface area contributed by atoms with Gasteiger partial charge in [0.25, 0.3) is 0 Å². The molecule has 0 spiro atoms. The summed E-state index contributed by atoms with van der Waals surface area (Å²) in [6, 6.07) is 13.4. The number of phenolic OH excluding ortho intramolecular Hbond substituents is 1. The van der Waals surface area contributed by atoms with Crippen molar-refractivity contribution in [2.45, 2.75) is 51.9 Å². The summed E-state index contributed by atoms with van der Waals surface area (Å²) in [5, 5.41) is 10.9. The molecule has 0 aliphatic carbocycles. The first kappa shape index (κ1) is 28.2. The van der Waals surface area contributed by atoms with Gasteiger partial charge >= 0.3 is 0 Å². The number of Topliss-reactive ketones (excluding diaryl/α,β-unsaturated/α-hetero) is 1. The lowest BCUT2D eigenvalue weighted by atomic mass is 9.84. The van der Waals surface area contributed by atoms with E-state index in [-0.39, 0.29) is 29.7 Å². The van der Waals surface area contributed by atoms with E-state index in [4.69, 9.17) is 0 Å². The van der Waals surface area contributed by atoms with Crippen LogP contribution in [0.15, 0.2) is 46.5 Å². The minimum Gasteiger partial charge on any atom is -0.505 e. The van der Waals surface area contributed by atoms with E-state index in [2.05, 4.69) is 39.2 Å². The molecule has 0 amide bonds. The maximum Gasteiger partial charge on any atom is 0.232 e. The second kappa shape index (κ2) is 10.9. The number of aromatic hydroxyl groups is 1. The Kier molecular flexibility index (Phi) is 8.55. The summed E-state index contributed by atoms with van der Waals surface area (Å²) in [5.41, 5.74) is 1.62.